The lowest BCUT2D eigenvalue weighted by Gasteiger charge is -2.22. The molecule has 2 amide bonds. The molecule has 130 valence electrons. The summed E-state index contributed by atoms with van der Waals surface area (Å²) >= 11 is 0. The van der Waals surface area contributed by atoms with Gasteiger partial charge in [-0.25, -0.2) is 0 Å². The van der Waals surface area contributed by atoms with E-state index in [1.165, 1.54) is 18.7 Å². The zero-order chi connectivity index (χ0) is 17.5. The first kappa shape index (κ1) is 17.1. The van der Waals surface area contributed by atoms with Crippen molar-refractivity contribution in [2.45, 2.75) is 44.7 Å². The van der Waals surface area contributed by atoms with Gasteiger partial charge >= 0.3 is 0 Å². The highest BCUT2D eigenvalue weighted by Gasteiger charge is 2.17. The SMILES string of the molecule is O=C(NC1CCCCC1)c1ccnc(C(=O)NCc2cccnc2)c1. The van der Waals surface area contributed by atoms with E-state index in [9.17, 15) is 9.59 Å². The molecule has 0 spiro atoms. The van der Waals surface area contributed by atoms with Gasteiger partial charge in [-0.05, 0) is 36.6 Å². The molecule has 6 heteroatoms. The molecule has 0 saturated heterocycles. The molecule has 0 radical (unpaired) electrons. The van der Waals surface area contributed by atoms with Gasteiger partial charge in [0.1, 0.15) is 5.69 Å². The molecule has 0 unspecified atom stereocenters. The fraction of sp³-hybridized carbons (Fsp3) is 0.368. The third kappa shape index (κ3) is 4.86. The average Bonchev–Trinajstić information content (AvgIpc) is 2.68. The minimum atomic E-state index is -0.309. The summed E-state index contributed by atoms with van der Waals surface area (Å²) in [6.45, 7) is 0.368. The highest BCUT2D eigenvalue weighted by atomic mass is 16.2. The van der Waals surface area contributed by atoms with Crippen molar-refractivity contribution in [3.63, 3.8) is 0 Å². The number of hydrogen-bond donors (Lipinski definition) is 2. The van der Waals surface area contributed by atoms with Crippen LogP contribution < -0.4 is 10.6 Å². The Morgan fingerprint density at radius 3 is 2.68 bits per heavy atom. The quantitative estimate of drug-likeness (QED) is 0.877. The molecule has 2 aromatic heterocycles. The maximum absolute atomic E-state index is 12.4. The predicted octanol–water partition coefficient (Wildman–Crippen LogP) is 2.47. The second-order valence-corrected chi connectivity index (χ2v) is 6.28. The van der Waals surface area contributed by atoms with Crippen molar-refractivity contribution in [2.24, 2.45) is 0 Å². The topological polar surface area (TPSA) is 84.0 Å². The third-order valence-electron chi connectivity index (χ3n) is 4.37. The zero-order valence-electron chi connectivity index (χ0n) is 14.1. The van der Waals surface area contributed by atoms with Crippen LogP contribution in [0.3, 0.4) is 0 Å². The number of hydrogen-bond acceptors (Lipinski definition) is 4. The van der Waals surface area contributed by atoms with E-state index in [-0.39, 0.29) is 23.6 Å². The van der Waals surface area contributed by atoms with Crippen LogP contribution in [0.1, 0.15) is 58.5 Å². The van der Waals surface area contributed by atoms with Crippen LogP contribution in [0, 0.1) is 0 Å². The second kappa shape index (κ2) is 8.37. The Morgan fingerprint density at radius 2 is 1.92 bits per heavy atom. The molecule has 0 aliphatic heterocycles. The number of rotatable bonds is 5. The summed E-state index contributed by atoms with van der Waals surface area (Å²) in [5, 5.41) is 5.84. The van der Waals surface area contributed by atoms with Crippen LogP contribution in [0.5, 0.6) is 0 Å². The number of nitrogens with one attached hydrogen (secondary N) is 2. The molecule has 1 saturated carbocycles. The third-order valence-corrected chi connectivity index (χ3v) is 4.37. The van der Waals surface area contributed by atoms with Gasteiger partial charge in [-0.3, -0.25) is 19.6 Å². The monoisotopic (exact) mass is 338 g/mol. The van der Waals surface area contributed by atoms with Crippen molar-refractivity contribution in [3.8, 4) is 0 Å². The number of carbonyl (C=O) groups is 2. The van der Waals surface area contributed by atoms with Crippen LogP contribution in [0.25, 0.3) is 0 Å². The Labute approximate surface area is 147 Å². The Kier molecular flexibility index (Phi) is 5.72. The molecule has 2 aromatic rings. The maximum Gasteiger partial charge on any atom is 0.270 e. The second-order valence-electron chi connectivity index (χ2n) is 6.28. The van der Waals surface area contributed by atoms with E-state index in [4.69, 9.17) is 0 Å². The fourth-order valence-electron chi connectivity index (χ4n) is 2.99. The summed E-state index contributed by atoms with van der Waals surface area (Å²) in [7, 11) is 0. The van der Waals surface area contributed by atoms with E-state index < -0.39 is 0 Å². The van der Waals surface area contributed by atoms with Gasteiger partial charge in [0.25, 0.3) is 11.8 Å². The fourth-order valence-corrected chi connectivity index (χ4v) is 2.99. The first-order chi connectivity index (χ1) is 12.2. The van der Waals surface area contributed by atoms with Gasteiger partial charge in [0.15, 0.2) is 0 Å². The summed E-state index contributed by atoms with van der Waals surface area (Å²) in [6.07, 6.45) is 10.5. The summed E-state index contributed by atoms with van der Waals surface area (Å²) in [4.78, 5) is 32.7. The van der Waals surface area contributed by atoms with Gasteiger partial charge < -0.3 is 10.6 Å². The van der Waals surface area contributed by atoms with Gasteiger partial charge in [0.05, 0.1) is 0 Å². The van der Waals surface area contributed by atoms with Crippen LogP contribution in [0.15, 0.2) is 42.9 Å². The van der Waals surface area contributed by atoms with Gasteiger partial charge in [0, 0.05) is 36.7 Å². The Bertz CT molecular complexity index is 727. The first-order valence-corrected chi connectivity index (χ1v) is 8.66. The number of aromatic nitrogens is 2. The Balaban J connectivity index is 1.60. The van der Waals surface area contributed by atoms with E-state index in [0.29, 0.717) is 12.1 Å². The largest absolute Gasteiger partial charge is 0.349 e. The van der Waals surface area contributed by atoms with E-state index in [1.54, 1.807) is 18.5 Å². The van der Waals surface area contributed by atoms with Crippen molar-refractivity contribution in [1.29, 1.82) is 0 Å². The number of carbonyl (C=O) groups excluding carboxylic acids is 2. The molecule has 6 nitrogen and oxygen atoms in total. The lowest BCUT2D eigenvalue weighted by atomic mass is 9.95. The van der Waals surface area contributed by atoms with Crippen molar-refractivity contribution in [3.05, 3.63) is 59.7 Å². The van der Waals surface area contributed by atoms with Crippen LogP contribution in [0.4, 0.5) is 0 Å². The van der Waals surface area contributed by atoms with E-state index in [2.05, 4.69) is 20.6 Å². The maximum atomic E-state index is 12.4. The molecular formula is C19H22N4O2. The molecule has 1 aliphatic carbocycles. The minimum Gasteiger partial charge on any atom is -0.349 e. The normalized spacial score (nSPS) is 14.7. The zero-order valence-corrected chi connectivity index (χ0v) is 14.1. The first-order valence-electron chi connectivity index (χ1n) is 8.66. The number of nitrogens with zero attached hydrogens (tertiary/aromatic N) is 2. The molecule has 0 atom stereocenters. The van der Waals surface area contributed by atoms with Crippen LogP contribution in [-0.2, 0) is 6.54 Å². The molecule has 0 aromatic carbocycles. The number of amides is 2. The van der Waals surface area contributed by atoms with Gasteiger partial charge in [-0.2, -0.15) is 0 Å². The highest BCUT2D eigenvalue weighted by molar-refractivity contribution is 5.98. The highest BCUT2D eigenvalue weighted by Crippen LogP contribution is 2.17. The van der Waals surface area contributed by atoms with E-state index >= 15 is 0 Å². The lowest BCUT2D eigenvalue weighted by molar-refractivity contribution is 0.0927. The molecule has 2 N–H and O–H groups in total. The standard InChI is InChI=1S/C19H22N4O2/c24-18(23-16-6-2-1-3-7-16)15-8-10-21-17(11-15)19(25)22-13-14-5-4-9-20-12-14/h4-5,8-12,16H,1-3,6-7,13H2,(H,22,25)(H,23,24). The van der Waals surface area contributed by atoms with Crippen LogP contribution >= 0.6 is 0 Å². The predicted molar refractivity (Wildman–Crippen MR) is 94.0 cm³/mol. The van der Waals surface area contributed by atoms with Gasteiger partial charge in [0.2, 0.25) is 0 Å². The van der Waals surface area contributed by atoms with Gasteiger partial charge in [-0.1, -0.05) is 25.3 Å². The summed E-state index contributed by atoms with van der Waals surface area (Å²) < 4.78 is 0. The summed E-state index contributed by atoms with van der Waals surface area (Å²) in [5.41, 5.74) is 1.61. The smallest absolute Gasteiger partial charge is 0.270 e. The summed E-state index contributed by atoms with van der Waals surface area (Å²) in [5.74, 6) is -0.452. The molecule has 1 aliphatic rings. The van der Waals surface area contributed by atoms with Crippen molar-refractivity contribution in [2.75, 3.05) is 0 Å². The van der Waals surface area contributed by atoms with E-state index in [0.717, 1.165) is 31.2 Å². The molecule has 1 fully saturated rings. The lowest BCUT2D eigenvalue weighted by Crippen LogP contribution is -2.36. The molecular weight excluding hydrogens is 316 g/mol. The van der Waals surface area contributed by atoms with Crippen LogP contribution in [0.2, 0.25) is 0 Å². The molecule has 3 rings (SSSR count). The summed E-state index contributed by atoms with van der Waals surface area (Å²) in [6, 6.07) is 7.11. The van der Waals surface area contributed by atoms with Gasteiger partial charge in [-0.15, -0.1) is 0 Å². The van der Waals surface area contributed by atoms with Crippen molar-refractivity contribution < 1.29 is 9.59 Å². The average molecular weight is 338 g/mol. The molecule has 0 bridgehead atoms. The van der Waals surface area contributed by atoms with E-state index in [1.807, 2.05) is 12.1 Å². The minimum absolute atomic E-state index is 0.143. The van der Waals surface area contributed by atoms with Crippen LogP contribution in [-0.4, -0.2) is 27.8 Å². The Morgan fingerprint density at radius 1 is 1.08 bits per heavy atom. The molecule has 25 heavy (non-hydrogen) atoms. The number of pyridine rings is 2. The Hall–Kier alpha value is -2.76. The molecule has 2 heterocycles. The van der Waals surface area contributed by atoms with Crippen molar-refractivity contribution >= 4 is 11.8 Å². The van der Waals surface area contributed by atoms with Crippen molar-refractivity contribution in [1.82, 2.24) is 20.6 Å².